The van der Waals surface area contributed by atoms with Crippen LogP contribution in [0.5, 0.6) is 5.75 Å². The molecule has 1 aliphatic heterocycles. The molecule has 0 radical (unpaired) electrons. The summed E-state index contributed by atoms with van der Waals surface area (Å²) in [5.74, 6) is 2.02. The fourth-order valence-corrected chi connectivity index (χ4v) is 2.82. The van der Waals surface area contributed by atoms with Crippen LogP contribution < -0.4 is 10.1 Å². The van der Waals surface area contributed by atoms with Crippen LogP contribution in [0.25, 0.3) is 0 Å². The van der Waals surface area contributed by atoms with E-state index in [-0.39, 0.29) is 24.0 Å². The molecule has 24 heavy (non-hydrogen) atoms. The van der Waals surface area contributed by atoms with Crippen molar-refractivity contribution in [2.45, 2.75) is 38.0 Å². The summed E-state index contributed by atoms with van der Waals surface area (Å²) < 4.78 is 6.07. The van der Waals surface area contributed by atoms with Crippen molar-refractivity contribution in [3.8, 4) is 5.75 Å². The first-order chi connectivity index (χ1) is 11.2. The zero-order valence-corrected chi connectivity index (χ0v) is 18.1. The van der Waals surface area contributed by atoms with Crippen LogP contribution in [0.2, 0.25) is 0 Å². The first kappa shape index (κ1) is 21.4. The maximum absolute atomic E-state index is 6.07. The average molecular weight is 463 g/mol. The minimum absolute atomic E-state index is 0. The predicted octanol–water partition coefficient (Wildman–Crippen LogP) is 3.86. The highest BCUT2D eigenvalue weighted by Crippen LogP contribution is 2.18. The molecule has 1 fully saturated rings. The van der Waals surface area contributed by atoms with Crippen molar-refractivity contribution in [3.05, 3.63) is 30.3 Å². The Kier molecular flexibility index (Phi) is 10.6. The molecule has 0 bridgehead atoms. The molecule has 1 unspecified atom stereocenters. The molecule has 1 N–H and O–H groups in total. The minimum Gasteiger partial charge on any atom is -0.490 e. The molecule has 1 aliphatic rings. The van der Waals surface area contributed by atoms with E-state index in [1.807, 2.05) is 42.1 Å². The van der Waals surface area contributed by atoms with Gasteiger partial charge < -0.3 is 15.0 Å². The number of ether oxygens (including phenoxy) is 1. The van der Waals surface area contributed by atoms with Crippen LogP contribution >= 0.6 is 35.7 Å². The Morgan fingerprint density at radius 2 is 2.00 bits per heavy atom. The van der Waals surface area contributed by atoms with E-state index in [2.05, 4.69) is 30.3 Å². The number of guanidine groups is 1. The predicted molar refractivity (Wildman–Crippen MR) is 116 cm³/mol. The third kappa shape index (κ3) is 7.09. The maximum atomic E-state index is 6.07. The molecule has 136 valence electrons. The number of halogens is 1. The lowest BCUT2D eigenvalue weighted by Gasteiger charge is -2.34. The van der Waals surface area contributed by atoms with Crippen LogP contribution in [-0.2, 0) is 0 Å². The van der Waals surface area contributed by atoms with Crippen LogP contribution in [0.15, 0.2) is 35.3 Å². The van der Waals surface area contributed by atoms with Crippen LogP contribution in [0.3, 0.4) is 0 Å². The van der Waals surface area contributed by atoms with Gasteiger partial charge >= 0.3 is 0 Å². The van der Waals surface area contributed by atoms with Gasteiger partial charge in [0.25, 0.3) is 0 Å². The molecule has 4 nitrogen and oxygen atoms in total. The second-order valence-electron chi connectivity index (χ2n) is 5.86. The molecule has 0 aromatic heterocycles. The Morgan fingerprint density at radius 3 is 2.58 bits per heavy atom. The molecule has 1 saturated heterocycles. The lowest BCUT2D eigenvalue weighted by molar-refractivity contribution is 0.129. The smallest absolute Gasteiger partial charge is 0.193 e. The number of aliphatic imine (C=N–C) groups is 1. The molecule has 1 atom stereocenters. The molecule has 6 heteroatoms. The third-order valence-corrected chi connectivity index (χ3v) is 4.98. The van der Waals surface area contributed by atoms with E-state index in [9.17, 15) is 0 Å². The Morgan fingerprint density at radius 1 is 1.33 bits per heavy atom. The highest BCUT2D eigenvalue weighted by Gasteiger charge is 2.22. The number of piperidine rings is 1. The summed E-state index contributed by atoms with van der Waals surface area (Å²) >= 11 is 1.86. The van der Waals surface area contributed by atoms with Crippen molar-refractivity contribution in [3.63, 3.8) is 0 Å². The monoisotopic (exact) mass is 463 g/mol. The summed E-state index contributed by atoms with van der Waals surface area (Å²) in [4.78, 5) is 7.15. The number of rotatable bonds is 6. The van der Waals surface area contributed by atoms with Crippen molar-refractivity contribution in [2.75, 3.05) is 32.4 Å². The first-order valence-electron chi connectivity index (χ1n) is 8.50. The zero-order chi connectivity index (χ0) is 16.5. The molecule has 1 aromatic rings. The quantitative estimate of drug-likeness (QED) is 0.395. The van der Waals surface area contributed by atoms with E-state index in [4.69, 9.17) is 9.73 Å². The van der Waals surface area contributed by atoms with Gasteiger partial charge in [-0.1, -0.05) is 25.1 Å². The van der Waals surface area contributed by atoms with Crippen molar-refractivity contribution >= 4 is 41.7 Å². The summed E-state index contributed by atoms with van der Waals surface area (Å²) in [7, 11) is 0. The summed E-state index contributed by atoms with van der Waals surface area (Å²) in [5, 5.41) is 3.98. The van der Waals surface area contributed by atoms with Gasteiger partial charge in [0, 0.05) is 37.7 Å². The van der Waals surface area contributed by atoms with Crippen molar-refractivity contribution < 1.29 is 4.74 Å². The van der Waals surface area contributed by atoms with Crippen LogP contribution in [0, 0.1) is 0 Å². The normalized spacial score (nSPS) is 17.1. The Bertz CT molecular complexity index is 478. The number of benzene rings is 1. The van der Waals surface area contributed by atoms with E-state index < -0.39 is 0 Å². The maximum Gasteiger partial charge on any atom is 0.193 e. The number of likely N-dealkylation sites (tertiary alicyclic amines) is 1. The lowest BCUT2D eigenvalue weighted by atomic mass is 10.1. The van der Waals surface area contributed by atoms with Crippen molar-refractivity contribution in [1.82, 2.24) is 10.2 Å². The van der Waals surface area contributed by atoms with Crippen LogP contribution in [0.4, 0.5) is 0 Å². The molecule has 0 amide bonds. The van der Waals surface area contributed by atoms with Crippen molar-refractivity contribution in [2.24, 2.45) is 4.99 Å². The SMILES string of the molecule is CCNC(=NCC(C)SC)N1CCC(Oc2ccccc2)CC1.I. The standard InChI is InChI=1S/C18H29N3OS.HI/c1-4-19-18(20-14-15(2)23-3)21-12-10-17(11-13-21)22-16-8-6-5-7-9-16;/h5-9,15,17H,4,10-14H2,1-3H3,(H,19,20);1H. The highest BCUT2D eigenvalue weighted by atomic mass is 127. The second kappa shape index (κ2) is 11.8. The van der Waals surface area contributed by atoms with Crippen LogP contribution in [-0.4, -0.2) is 54.6 Å². The van der Waals surface area contributed by atoms with Crippen molar-refractivity contribution in [1.29, 1.82) is 0 Å². The number of nitrogens with one attached hydrogen (secondary N) is 1. The Hall–Kier alpha value is -0.630. The number of thioether (sulfide) groups is 1. The number of hydrogen-bond donors (Lipinski definition) is 1. The average Bonchev–Trinajstić information content (AvgIpc) is 2.60. The molecule has 0 saturated carbocycles. The Balaban J connectivity index is 0.00000288. The van der Waals surface area contributed by atoms with E-state index in [1.54, 1.807) is 0 Å². The van der Waals surface area contributed by atoms with Gasteiger partial charge in [0.1, 0.15) is 11.9 Å². The lowest BCUT2D eigenvalue weighted by Crippen LogP contribution is -2.47. The largest absolute Gasteiger partial charge is 0.490 e. The van der Waals surface area contributed by atoms with Crippen LogP contribution in [0.1, 0.15) is 26.7 Å². The molecule has 0 aliphatic carbocycles. The topological polar surface area (TPSA) is 36.9 Å². The summed E-state index contributed by atoms with van der Waals surface area (Å²) in [6, 6.07) is 10.1. The Labute approximate surface area is 167 Å². The van der Waals surface area contributed by atoms with Gasteiger partial charge in [-0.25, -0.2) is 0 Å². The fraction of sp³-hybridized carbons (Fsp3) is 0.611. The summed E-state index contributed by atoms with van der Waals surface area (Å²) in [6.45, 7) is 8.11. The third-order valence-electron chi connectivity index (χ3n) is 4.02. The number of hydrogen-bond acceptors (Lipinski definition) is 3. The van der Waals surface area contributed by atoms with Gasteiger partial charge in [-0.3, -0.25) is 4.99 Å². The van der Waals surface area contributed by atoms with Gasteiger partial charge in [-0.15, -0.1) is 24.0 Å². The second-order valence-corrected chi connectivity index (χ2v) is 7.13. The fourth-order valence-electron chi connectivity index (χ4n) is 2.59. The van der Waals surface area contributed by atoms with Gasteiger partial charge in [0.2, 0.25) is 0 Å². The molecule has 1 heterocycles. The molecular weight excluding hydrogens is 433 g/mol. The van der Waals surface area contributed by atoms with E-state index in [1.165, 1.54) is 0 Å². The molecule has 2 rings (SSSR count). The summed E-state index contributed by atoms with van der Waals surface area (Å²) in [6.07, 6.45) is 4.52. The minimum atomic E-state index is 0. The van der Waals surface area contributed by atoms with E-state index in [0.717, 1.165) is 50.7 Å². The summed E-state index contributed by atoms with van der Waals surface area (Å²) in [5.41, 5.74) is 0. The van der Waals surface area contributed by atoms with Gasteiger partial charge in [-0.05, 0) is 25.3 Å². The van der Waals surface area contributed by atoms with E-state index in [0.29, 0.717) is 11.4 Å². The number of para-hydroxylation sites is 1. The first-order valence-corrected chi connectivity index (χ1v) is 9.79. The van der Waals surface area contributed by atoms with Gasteiger partial charge in [0.15, 0.2) is 5.96 Å². The molecule has 1 aromatic carbocycles. The molecular formula is C18H30IN3OS. The van der Waals surface area contributed by atoms with Gasteiger partial charge in [0.05, 0.1) is 6.54 Å². The zero-order valence-electron chi connectivity index (χ0n) is 14.9. The van der Waals surface area contributed by atoms with Gasteiger partial charge in [-0.2, -0.15) is 11.8 Å². The van der Waals surface area contributed by atoms with E-state index >= 15 is 0 Å². The molecule has 0 spiro atoms. The number of nitrogens with zero attached hydrogens (tertiary/aromatic N) is 2. The highest BCUT2D eigenvalue weighted by molar-refractivity contribution is 14.0.